The van der Waals surface area contributed by atoms with E-state index in [4.69, 9.17) is 11.0 Å². The van der Waals surface area contributed by atoms with Gasteiger partial charge in [-0.2, -0.15) is 0 Å². The van der Waals surface area contributed by atoms with Crippen LogP contribution in [-0.2, 0) is 67.9 Å². The molecule has 6 heterocycles. The van der Waals surface area contributed by atoms with E-state index in [9.17, 15) is 0 Å². The Hall–Kier alpha value is -9.78. The molecule has 0 radical (unpaired) electrons. The normalized spacial score (nSPS) is 12.5. The number of aryl methyl sites for hydroxylation is 21. The predicted molar refractivity (Wildman–Crippen MR) is 450 cm³/mol. The fourth-order valence-corrected chi connectivity index (χ4v) is 13.9. The summed E-state index contributed by atoms with van der Waals surface area (Å²) in [5.41, 5.74) is 34.7. The van der Waals surface area contributed by atoms with Crippen LogP contribution in [0.15, 0.2) is 219 Å². The lowest BCUT2D eigenvalue weighted by molar-refractivity contribution is -0.661. The van der Waals surface area contributed by atoms with Gasteiger partial charge in [-0.1, -0.05) is 178 Å². The van der Waals surface area contributed by atoms with Gasteiger partial charge in [-0.15, -0.1) is 0 Å². The summed E-state index contributed by atoms with van der Waals surface area (Å²) < 4.78 is 76.8. The lowest BCUT2D eigenvalue weighted by Gasteiger charge is -2.16. The Balaban J connectivity index is 0.000000190. The van der Waals surface area contributed by atoms with E-state index in [1.54, 1.807) is 27.0 Å². The minimum atomic E-state index is -2.23. The average Bonchev–Trinajstić information content (AvgIpc) is 0.776. The molecule has 6 aromatic heterocycles. The molecule has 0 saturated heterocycles. The van der Waals surface area contributed by atoms with Gasteiger partial charge in [0.1, 0.15) is 42.3 Å². The van der Waals surface area contributed by atoms with Gasteiger partial charge >= 0.3 is 0 Å². The molecule has 0 atom stereocenters. The Morgan fingerprint density at radius 3 is 0.792 bits per heavy atom. The number of hydrogen-bond donors (Lipinski definition) is 0. The van der Waals surface area contributed by atoms with Crippen molar-refractivity contribution in [3.63, 3.8) is 0 Å². The molecule has 0 aliphatic rings. The van der Waals surface area contributed by atoms with E-state index in [1.807, 2.05) is 139 Å². The zero-order valence-electron chi connectivity index (χ0n) is 77.1. The van der Waals surface area contributed by atoms with Gasteiger partial charge in [-0.3, -0.25) is 0 Å². The molecule has 0 spiro atoms. The minimum absolute atomic E-state index is 0.243. The van der Waals surface area contributed by atoms with Crippen LogP contribution in [0.1, 0.15) is 198 Å². The largest absolute Gasteiger partial charge is 0.212 e. The third-order valence-corrected chi connectivity index (χ3v) is 20.3. The highest BCUT2D eigenvalue weighted by Gasteiger charge is 2.23. The van der Waals surface area contributed by atoms with Crippen molar-refractivity contribution in [2.45, 2.75) is 189 Å². The first kappa shape index (κ1) is 71.8. The van der Waals surface area contributed by atoms with Gasteiger partial charge in [0.25, 0.3) is 0 Å². The Kier molecular flexibility index (Phi) is 26.4. The van der Waals surface area contributed by atoms with Gasteiger partial charge < -0.3 is 0 Å². The third kappa shape index (κ3) is 21.3. The van der Waals surface area contributed by atoms with E-state index in [2.05, 4.69) is 262 Å². The molecule has 0 saturated carbocycles. The lowest BCUT2D eigenvalue weighted by atomic mass is 9.90. The van der Waals surface area contributed by atoms with Gasteiger partial charge in [0.2, 0.25) is 34.2 Å². The molecule has 0 aliphatic carbocycles. The zero-order valence-corrected chi connectivity index (χ0v) is 69.1. The minimum Gasteiger partial charge on any atom is -0.201 e. The van der Waals surface area contributed by atoms with Crippen molar-refractivity contribution in [1.82, 2.24) is 0 Å². The summed E-state index contributed by atoms with van der Waals surface area (Å²) in [5.74, 6) is -2.44. The van der Waals surface area contributed by atoms with Crippen molar-refractivity contribution in [3.05, 3.63) is 319 Å². The van der Waals surface area contributed by atoms with Gasteiger partial charge in [0.15, 0.2) is 37.2 Å². The van der Waals surface area contributed by atoms with Gasteiger partial charge in [0.05, 0.1) is 0 Å². The summed E-state index contributed by atoms with van der Waals surface area (Å²) in [5, 5.41) is 0. The quantitative estimate of drug-likeness (QED) is 0.103. The Morgan fingerprint density at radius 1 is 0.264 bits per heavy atom. The van der Waals surface area contributed by atoms with Crippen LogP contribution in [0.5, 0.6) is 0 Å². The number of nitrogens with zero attached hydrogens (tertiary/aromatic N) is 6. The summed E-state index contributed by atoms with van der Waals surface area (Å²) in [6, 6.07) is 63.1. The third-order valence-electron chi connectivity index (χ3n) is 20.3. The molecular formula is C100H128N6+6. The van der Waals surface area contributed by atoms with E-state index in [-0.39, 0.29) is 5.56 Å². The molecule has 6 nitrogen and oxygen atoms in total. The summed E-state index contributed by atoms with van der Waals surface area (Å²) in [6.07, 6.45) is 14.2. The summed E-state index contributed by atoms with van der Waals surface area (Å²) in [6.45, 7) is 38.2. The number of pyridine rings is 6. The second-order valence-electron chi connectivity index (χ2n) is 29.2. The monoisotopic (exact) mass is 1420 g/mol. The molecule has 12 rings (SSSR count). The molecule has 106 heavy (non-hydrogen) atoms. The molecule has 6 heteroatoms. The molecule has 6 aromatic carbocycles. The van der Waals surface area contributed by atoms with E-state index in [0.717, 1.165) is 69.7 Å². The van der Waals surface area contributed by atoms with Crippen LogP contribution in [0.3, 0.4) is 0 Å². The number of aromatic nitrogens is 6. The van der Waals surface area contributed by atoms with Gasteiger partial charge in [-0.25, -0.2) is 27.4 Å². The van der Waals surface area contributed by atoms with Crippen LogP contribution in [0.2, 0.25) is 0 Å². The first-order valence-corrected chi connectivity index (χ1v) is 37.7. The summed E-state index contributed by atoms with van der Waals surface area (Å²) in [4.78, 5) is 0. The predicted octanol–water partition coefficient (Wildman–Crippen LogP) is 22.1. The first-order valence-electron chi connectivity index (χ1n) is 41.7. The highest BCUT2D eigenvalue weighted by Crippen LogP contribution is 2.32. The fourth-order valence-electron chi connectivity index (χ4n) is 13.9. The first-order chi connectivity index (χ1) is 53.2. The Morgan fingerprint density at radius 2 is 0.509 bits per heavy atom. The topological polar surface area (TPSA) is 23.3 Å². The number of benzene rings is 6. The van der Waals surface area contributed by atoms with Crippen molar-refractivity contribution in [1.29, 1.82) is 0 Å². The molecular weight excluding hydrogens is 1290 g/mol. The Bertz CT molecular complexity index is 5110. The zero-order chi connectivity index (χ0) is 84.9. The van der Waals surface area contributed by atoms with Crippen LogP contribution in [0.4, 0.5) is 0 Å². The smallest absolute Gasteiger partial charge is 0.201 e. The molecule has 0 aliphatic heterocycles. The van der Waals surface area contributed by atoms with Crippen LogP contribution >= 0.6 is 0 Å². The maximum Gasteiger partial charge on any atom is 0.212 e. The number of hydrogen-bond acceptors (Lipinski definition) is 0. The molecule has 0 bridgehead atoms. The highest BCUT2D eigenvalue weighted by molar-refractivity contribution is 5.66. The standard InChI is InChI=1S/C19H26N.C17H22N.4C16H20N/c1-13(2)17-11-19(16-10-8-7-9-15(16)5)20(6)12-18(17)14(3)4;1-12(2)16-10-17(18(5)11-14(16)4)15-9-7-6-8-13(15)3;1-5-14-10-16(17(4)11-13(14)3)15-9-7-6-8-12(15)2;3*1-5-14-11-17(4)16(10-13(14)3)15-9-7-6-8-12(15)2/h7-14H,1-6H3;6-12H,1-5H3;4*6-11H,5H2,1-4H3/q6*+1/i13D,14D;4D3,12D;;5D2;;. The SMILES string of the molecule is CCc1c[n+](C)c(-c2ccccc2C)cc1C.CCc1c[n+](C)c(-c2ccccc2C)cc1C.CCc1cc(-c2ccccc2C)[n+](C)cc1C.[2H]C(C)(C)c1cc(-c2ccccc2C)[n+](C)cc1C([2H])(C)C.[2H]C([2H])(C)c1c[n+](C)c(-c2ccccc2C)cc1C.[2H]C([2H])([2H])c1c[n+](C)c(-c2ccccc2C)cc1C([2H])(C)C. The molecule has 12 aromatic rings. The van der Waals surface area contributed by atoms with E-state index >= 15 is 0 Å². The summed E-state index contributed by atoms with van der Waals surface area (Å²) >= 11 is 0. The summed E-state index contributed by atoms with van der Waals surface area (Å²) in [7, 11) is 12.2. The second kappa shape index (κ2) is 39.0. The van der Waals surface area contributed by atoms with Gasteiger partial charge in [-0.05, 0) is 223 Å². The molecule has 0 N–H and O–H groups in total. The number of rotatable bonds is 13. The van der Waals surface area contributed by atoms with Crippen LogP contribution in [0.25, 0.3) is 67.5 Å². The van der Waals surface area contributed by atoms with E-state index in [1.165, 1.54) is 106 Å². The van der Waals surface area contributed by atoms with Crippen molar-refractivity contribution in [2.24, 2.45) is 42.3 Å². The second-order valence-corrected chi connectivity index (χ2v) is 29.2. The van der Waals surface area contributed by atoms with Crippen molar-refractivity contribution >= 4 is 0 Å². The van der Waals surface area contributed by atoms with Gasteiger partial charge in [0, 0.05) is 114 Å². The molecule has 0 amide bonds. The molecule has 0 unspecified atom stereocenters. The van der Waals surface area contributed by atoms with Crippen molar-refractivity contribution in [2.75, 3.05) is 0 Å². The van der Waals surface area contributed by atoms with Crippen molar-refractivity contribution in [3.8, 4) is 67.5 Å². The van der Waals surface area contributed by atoms with Crippen LogP contribution in [0, 0.1) is 76.1 Å². The van der Waals surface area contributed by atoms with E-state index in [0.29, 0.717) is 5.56 Å². The van der Waals surface area contributed by atoms with Crippen LogP contribution < -0.4 is 27.4 Å². The maximum atomic E-state index is 8.48. The highest BCUT2D eigenvalue weighted by atomic mass is 14.9. The molecule has 0 fully saturated rings. The maximum absolute atomic E-state index is 8.48. The lowest BCUT2D eigenvalue weighted by Crippen LogP contribution is -2.32. The average molecular weight is 1420 g/mol. The van der Waals surface area contributed by atoms with Crippen LogP contribution in [-0.4, -0.2) is 0 Å². The Labute approximate surface area is 652 Å². The molecule has 552 valence electrons. The van der Waals surface area contributed by atoms with Crippen molar-refractivity contribution < 1.29 is 38.4 Å². The fraction of sp³-hybridized carbons (Fsp3) is 0.340. The van der Waals surface area contributed by atoms with E-state index < -0.39 is 30.9 Å².